The first-order valence-electron chi connectivity index (χ1n) is 10.8. The Kier molecular flexibility index (Phi) is 6.51. The summed E-state index contributed by atoms with van der Waals surface area (Å²) in [5, 5.41) is 4.19. The number of aromatic amines is 1. The SMILES string of the molecule is CCN(CC)CCc1c(C)[nH]c(/C=C2/C(=O)NN=C2c2cnccn2)c1-c1ccccn1. The number of nitrogens with one attached hydrogen (secondary N) is 2. The number of hydrogen-bond donors (Lipinski definition) is 2. The van der Waals surface area contributed by atoms with E-state index in [4.69, 9.17) is 0 Å². The Bertz CT molecular complexity index is 1150. The molecule has 4 rings (SSSR count). The molecular weight excluding hydrogens is 402 g/mol. The lowest BCUT2D eigenvalue weighted by Crippen LogP contribution is -2.25. The molecule has 0 spiro atoms. The number of amides is 1. The number of aryl methyl sites for hydroxylation is 1. The first-order chi connectivity index (χ1) is 15.6. The van der Waals surface area contributed by atoms with E-state index in [9.17, 15) is 4.79 Å². The lowest BCUT2D eigenvalue weighted by molar-refractivity contribution is -0.116. The van der Waals surface area contributed by atoms with E-state index in [0.29, 0.717) is 17.0 Å². The Balaban J connectivity index is 1.79. The molecule has 1 aliphatic rings. The van der Waals surface area contributed by atoms with Crippen molar-refractivity contribution in [3.63, 3.8) is 0 Å². The molecule has 0 aliphatic carbocycles. The van der Waals surface area contributed by atoms with Crippen molar-refractivity contribution in [3.05, 3.63) is 71.2 Å². The Morgan fingerprint density at radius 2 is 1.88 bits per heavy atom. The van der Waals surface area contributed by atoms with Crippen LogP contribution in [-0.4, -0.2) is 56.1 Å². The van der Waals surface area contributed by atoms with Gasteiger partial charge in [0.25, 0.3) is 5.91 Å². The van der Waals surface area contributed by atoms with Crippen molar-refractivity contribution in [1.82, 2.24) is 30.3 Å². The summed E-state index contributed by atoms with van der Waals surface area (Å²) in [6.45, 7) is 9.39. The minimum Gasteiger partial charge on any atom is -0.358 e. The van der Waals surface area contributed by atoms with Crippen LogP contribution in [0.15, 0.2) is 53.7 Å². The lowest BCUT2D eigenvalue weighted by atomic mass is 9.99. The number of carbonyl (C=O) groups excluding carboxylic acids is 1. The molecule has 0 radical (unpaired) electrons. The standard InChI is InChI=1S/C24H27N7O/c1-4-31(5-2)13-9-17-16(3)28-20(22(17)19-8-6-7-10-26-19)14-18-23(29-30-24(18)32)21-15-25-11-12-27-21/h6-8,10-12,14-15,28H,4-5,9,13H2,1-3H3,(H,30,32)/b18-14+. The van der Waals surface area contributed by atoms with Gasteiger partial charge in [-0.05, 0) is 50.2 Å². The molecule has 0 fully saturated rings. The van der Waals surface area contributed by atoms with Gasteiger partial charge in [-0.3, -0.25) is 19.7 Å². The molecule has 0 unspecified atom stereocenters. The van der Waals surface area contributed by atoms with E-state index in [1.54, 1.807) is 24.8 Å². The maximum Gasteiger partial charge on any atom is 0.273 e. The van der Waals surface area contributed by atoms with Crippen molar-refractivity contribution in [3.8, 4) is 11.3 Å². The van der Waals surface area contributed by atoms with E-state index in [0.717, 1.165) is 48.7 Å². The highest BCUT2D eigenvalue weighted by atomic mass is 16.2. The zero-order valence-electron chi connectivity index (χ0n) is 18.6. The van der Waals surface area contributed by atoms with Gasteiger partial charge in [-0.15, -0.1) is 0 Å². The Morgan fingerprint density at radius 3 is 2.56 bits per heavy atom. The zero-order chi connectivity index (χ0) is 22.5. The van der Waals surface area contributed by atoms with Crippen LogP contribution in [0.25, 0.3) is 17.3 Å². The summed E-state index contributed by atoms with van der Waals surface area (Å²) in [6, 6.07) is 5.88. The molecule has 0 atom stereocenters. The largest absolute Gasteiger partial charge is 0.358 e. The molecule has 4 heterocycles. The maximum absolute atomic E-state index is 12.6. The summed E-state index contributed by atoms with van der Waals surface area (Å²) in [5.41, 5.74) is 9.01. The highest BCUT2D eigenvalue weighted by Gasteiger charge is 2.27. The smallest absolute Gasteiger partial charge is 0.273 e. The molecule has 8 nitrogen and oxygen atoms in total. The van der Waals surface area contributed by atoms with Crippen molar-refractivity contribution >= 4 is 17.7 Å². The molecule has 0 aromatic carbocycles. The number of likely N-dealkylation sites (N-methyl/N-ethyl adjacent to an activating group) is 1. The van der Waals surface area contributed by atoms with Gasteiger partial charge in [-0.1, -0.05) is 19.9 Å². The fraction of sp³-hybridized carbons (Fsp3) is 0.292. The number of hydrogen-bond acceptors (Lipinski definition) is 6. The summed E-state index contributed by atoms with van der Waals surface area (Å²) in [5.74, 6) is -0.269. The predicted octanol–water partition coefficient (Wildman–Crippen LogP) is 2.98. The highest BCUT2D eigenvalue weighted by Crippen LogP contribution is 2.32. The van der Waals surface area contributed by atoms with Crippen LogP contribution in [0.5, 0.6) is 0 Å². The number of pyridine rings is 1. The third-order valence-electron chi connectivity index (χ3n) is 5.70. The van der Waals surface area contributed by atoms with Crippen molar-refractivity contribution in [2.45, 2.75) is 27.2 Å². The predicted molar refractivity (Wildman–Crippen MR) is 125 cm³/mol. The zero-order valence-corrected chi connectivity index (χ0v) is 18.6. The number of nitrogens with zero attached hydrogens (tertiary/aromatic N) is 5. The van der Waals surface area contributed by atoms with Gasteiger partial charge in [0.1, 0.15) is 11.4 Å². The molecule has 2 N–H and O–H groups in total. The van der Waals surface area contributed by atoms with Gasteiger partial charge in [0.15, 0.2) is 0 Å². The molecule has 1 aliphatic heterocycles. The van der Waals surface area contributed by atoms with E-state index in [-0.39, 0.29) is 5.91 Å². The van der Waals surface area contributed by atoms with Crippen LogP contribution in [0.4, 0.5) is 0 Å². The quantitative estimate of drug-likeness (QED) is 0.537. The van der Waals surface area contributed by atoms with E-state index in [1.165, 1.54) is 5.56 Å². The Labute approximate surface area is 187 Å². The molecule has 3 aromatic heterocycles. The van der Waals surface area contributed by atoms with Gasteiger partial charge in [-0.2, -0.15) is 5.10 Å². The summed E-state index contributed by atoms with van der Waals surface area (Å²) in [6.07, 6.45) is 9.29. The molecule has 0 bridgehead atoms. The van der Waals surface area contributed by atoms with Crippen LogP contribution in [0.1, 0.15) is 36.5 Å². The molecule has 0 saturated carbocycles. The van der Waals surface area contributed by atoms with E-state index >= 15 is 0 Å². The van der Waals surface area contributed by atoms with Gasteiger partial charge in [0.2, 0.25) is 0 Å². The van der Waals surface area contributed by atoms with Crippen molar-refractivity contribution in [1.29, 1.82) is 0 Å². The molecule has 3 aromatic rings. The average molecular weight is 430 g/mol. The second-order valence-electron chi connectivity index (χ2n) is 7.56. The van der Waals surface area contributed by atoms with Crippen LogP contribution in [-0.2, 0) is 11.2 Å². The fourth-order valence-corrected chi connectivity index (χ4v) is 3.95. The fourth-order valence-electron chi connectivity index (χ4n) is 3.95. The van der Waals surface area contributed by atoms with Crippen molar-refractivity contribution < 1.29 is 4.79 Å². The van der Waals surface area contributed by atoms with E-state index < -0.39 is 0 Å². The number of H-pyrrole nitrogens is 1. The highest BCUT2D eigenvalue weighted by molar-refractivity contribution is 6.32. The summed E-state index contributed by atoms with van der Waals surface area (Å²) in [7, 11) is 0. The molecule has 8 heteroatoms. The van der Waals surface area contributed by atoms with E-state index in [1.807, 2.05) is 24.3 Å². The third-order valence-corrected chi connectivity index (χ3v) is 5.70. The van der Waals surface area contributed by atoms with Crippen LogP contribution in [0.3, 0.4) is 0 Å². The Hall–Kier alpha value is -3.65. The molecule has 0 saturated heterocycles. The number of carbonyl (C=O) groups is 1. The topological polar surface area (TPSA) is 99.2 Å². The van der Waals surface area contributed by atoms with Gasteiger partial charge in [-0.25, -0.2) is 5.43 Å². The van der Waals surface area contributed by atoms with E-state index in [2.05, 4.69) is 56.1 Å². The van der Waals surface area contributed by atoms with Crippen LogP contribution in [0, 0.1) is 6.92 Å². The summed E-state index contributed by atoms with van der Waals surface area (Å²) in [4.78, 5) is 31.5. The first-order valence-corrected chi connectivity index (χ1v) is 10.8. The molecule has 1 amide bonds. The van der Waals surface area contributed by atoms with Gasteiger partial charge in [0, 0.05) is 42.1 Å². The third kappa shape index (κ3) is 4.36. The van der Waals surface area contributed by atoms with Crippen LogP contribution >= 0.6 is 0 Å². The summed E-state index contributed by atoms with van der Waals surface area (Å²) >= 11 is 0. The minimum absolute atomic E-state index is 0.269. The van der Waals surface area contributed by atoms with Crippen LogP contribution in [0.2, 0.25) is 0 Å². The second-order valence-corrected chi connectivity index (χ2v) is 7.56. The normalized spacial score (nSPS) is 14.8. The lowest BCUT2D eigenvalue weighted by Gasteiger charge is -2.18. The van der Waals surface area contributed by atoms with Gasteiger partial charge >= 0.3 is 0 Å². The second kappa shape index (κ2) is 9.65. The molecule has 164 valence electrons. The van der Waals surface area contributed by atoms with Crippen molar-refractivity contribution in [2.24, 2.45) is 5.10 Å². The minimum atomic E-state index is -0.269. The first kappa shape index (κ1) is 21.6. The Morgan fingerprint density at radius 1 is 1.06 bits per heavy atom. The number of rotatable bonds is 8. The number of aromatic nitrogens is 4. The molecular formula is C24H27N7O. The van der Waals surface area contributed by atoms with Gasteiger partial charge in [0.05, 0.1) is 17.5 Å². The number of hydrazone groups is 1. The summed E-state index contributed by atoms with van der Waals surface area (Å²) < 4.78 is 0. The maximum atomic E-state index is 12.6. The molecule has 32 heavy (non-hydrogen) atoms. The van der Waals surface area contributed by atoms with Crippen molar-refractivity contribution in [2.75, 3.05) is 19.6 Å². The van der Waals surface area contributed by atoms with Gasteiger partial charge < -0.3 is 9.88 Å². The van der Waals surface area contributed by atoms with Crippen LogP contribution < -0.4 is 5.43 Å². The monoisotopic (exact) mass is 429 g/mol. The average Bonchev–Trinajstić information content (AvgIpc) is 3.35.